The van der Waals surface area contributed by atoms with Gasteiger partial charge in [0.15, 0.2) is 0 Å². The van der Waals surface area contributed by atoms with E-state index in [1.54, 1.807) is 11.3 Å². The molecule has 0 radical (unpaired) electrons. The highest BCUT2D eigenvalue weighted by molar-refractivity contribution is 9.11. The number of fused-ring (bicyclic) bond motifs is 1. The number of hydrogen-bond acceptors (Lipinski definition) is 2. The van der Waals surface area contributed by atoms with Gasteiger partial charge in [0.25, 0.3) is 0 Å². The molecule has 19 heavy (non-hydrogen) atoms. The standard InChI is InChI=1S/C13H8Br2ClNOS/c14-11-2-7(5-19-11)13(15)8-1-6-3-12(18)17-10(6)4-9(8)16/h1-2,4-5,13H,3H2,(H,17,18). The molecule has 1 aliphatic rings. The molecule has 2 heterocycles. The predicted octanol–water partition coefficient (Wildman–Crippen LogP) is 5.14. The first-order valence-corrected chi connectivity index (χ1v) is 8.51. The molecule has 1 unspecified atom stereocenters. The van der Waals surface area contributed by atoms with Gasteiger partial charge >= 0.3 is 0 Å². The molecule has 0 fully saturated rings. The molecule has 0 bridgehead atoms. The second-order valence-corrected chi connectivity index (χ2v) is 7.92. The van der Waals surface area contributed by atoms with Gasteiger partial charge in [0.2, 0.25) is 5.91 Å². The van der Waals surface area contributed by atoms with Crippen LogP contribution in [0.4, 0.5) is 5.69 Å². The maximum atomic E-state index is 11.4. The fourth-order valence-electron chi connectivity index (χ4n) is 2.10. The molecule has 0 saturated carbocycles. The largest absolute Gasteiger partial charge is 0.325 e. The first kappa shape index (κ1) is 13.6. The van der Waals surface area contributed by atoms with E-state index in [4.69, 9.17) is 11.6 Å². The van der Waals surface area contributed by atoms with Gasteiger partial charge in [-0.15, -0.1) is 11.3 Å². The number of alkyl halides is 1. The van der Waals surface area contributed by atoms with Crippen LogP contribution in [0.3, 0.4) is 0 Å². The van der Waals surface area contributed by atoms with Crippen LogP contribution in [0.2, 0.25) is 5.02 Å². The molecule has 1 N–H and O–H groups in total. The lowest BCUT2D eigenvalue weighted by Crippen LogP contribution is -2.03. The van der Waals surface area contributed by atoms with E-state index in [1.165, 1.54) is 0 Å². The van der Waals surface area contributed by atoms with Crippen molar-refractivity contribution in [3.63, 3.8) is 0 Å². The van der Waals surface area contributed by atoms with E-state index < -0.39 is 0 Å². The van der Waals surface area contributed by atoms with Gasteiger partial charge in [-0.1, -0.05) is 33.6 Å². The first-order chi connectivity index (χ1) is 9.04. The lowest BCUT2D eigenvalue weighted by atomic mass is 10.0. The zero-order chi connectivity index (χ0) is 13.6. The summed E-state index contributed by atoms with van der Waals surface area (Å²) in [6, 6.07) is 5.89. The van der Waals surface area contributed by atoms with Crippen LogP contribution in [0.5, 0.6) is 0 Å². The van der Waals surface area contributed by atoms with Gasteiger partial charge in [0, 0.05) is 10.7 Å². The molecule has 2 nitrogen and oxygen atoms in total. The third-order valence-electron chi connectivity index (χ3n) is 3.00. The van der Waals surface area contributed by atoms with E-state index >= 15 is 0 Å². The Kier molecular flexibility index (Phi) is 3.73. The number of hydrogen-bond donors (Lipinski definition) is 1. The lowest BCUT2D eigenvalue weighted by Gasteiger charge is -2.12. The number of halogens is 3. The van der Waals surface area contributed by atoms with Crippen LogP contribution >= 0.6 is 54.8 Å². The molecule has 3 rings (SSSR count). The van der Waals surface area contributed by atoms with Gasteiger partial charge in [-0.25, -0.2) is 0 Å². The number of rotatable bonds is 2. The van der Waals surface area contributed by atoms with Crippen molar-refractivity contribution in [2.45, 2.75) is 11.2 Å². The summed E-state index contributed by atoms with van der Waals surface area (Å²) in [6.45, 7) is 0. The van der Waals surface area contributed by atoms with E-state index in [-0.39, 0.29) is 10.7 Å². The van der Waals surface area contributed by atoms with E-state index in [9.17, 15) is 4.79 Å². The van der Waals surface area contributed by atoms with Crippen molar-refractivity contribution in [1.82, 2.24) is 0 Å². The summed E-state index contributed by atoms with van der Waals surface area (Å²) in [5.74, 6) is 0.0209. The summed E-state index contributed by atoms with van der Waals surface area (Å²) in [5.41, 5.74) is 3.96. The third kappa shape index (κ3) is 2.61. The molecule has 6 heteroatoms. The quantitative estimate of drug-likeness (QED) is 0.668. The molecule has 2 aromatic rings. The van der Waals surface area contributed by atoms with Gasteiger partial charge in [0.1, 0.15) is 0 Å². The fourth-order valence-corrected chi connectivity index (χ4v) is 4.52. The summed E-state index contributed by atoms with van der Waals surface area (Å²) >= 11 is 15.1. The number of anilines is 1. The molecule has 0 aliphatic carbocycles. The number of carbonyl (C=O) groups is 1. The molecular weight excluding hydrogens is 413 g/mol. The predicted molar refractivity (Wildman–Crippen MR) is 86.6 cm³/mol. The topological polar surface area (TPSA) is 29.1 Å². The molecule has 0 saturated heterocycles. The highest BCUT2D eigenvalue weighted by atomic mass is 79.9. The van der Waals surface area contributed by atoms with Crippen LogP contribution in [-0.4, -0.2) is 5.91 Å². The Morgan fingerprint density at radius 1 is 1.37 bits per heavy atom. The minimum Gasteiger partial charge on any atom is -0.325 e. The molecule has 1 amide bonds. The van der Waals surface area contributed by atoms with E-state index in [0.29, 0.717) is 11.4 Å². The highest BCUT2D eigenvalue weighted by Gasteiger charge is 2.23. The van der Waals surface area contributed by atoms with Crippen molar-refractivity contribution in [3.05, 3.63) is 49.1 Å². The molecule has 1 aromatic heterocycles. The lowest BCUT2D eigenvalue weighted by molar-refractivity contribution is -0.115. The maximum absolute atomic E-state index is 11.4. The summed E-state index contributed by atoms with van der Waals surface area (Å²) < 4.78 is 1.08. The average Bonchev–Trinajstić information content (AvgIpc) is 2.92. The van der Waals surface area contributed by atoms with Gasteiger partial charge in [-0.05, 0) is 50.1 Å². The summed E-state index contributed by atoms with van der Waals surface area (Å²) in [5, 5.41) is 5.54. The maximum Gasteiger partial charge on any atom is 0.228 e. The normalized spacial score (nSPS) is 15.2. The number of nitrogens with one attached hydrogen (secondary N) is 1. The van der Waals surface area contributed by atoms with Crippen molar-refractivity contribution < 1.29 is 4.79 Å². The fraction of sp³-hybridized carbons (Fsp3) is 0.154. The monoisotopic (exact) mass is 419 g/mol. The number of thiophene rings is 1. The molecule has 0 spiro atoms. The number of amides is 1. The zero-order valence-corrected chi connectivity index (χ0v) is 14.3. The van der Waals surface area contributed by atoms with E-state index in [2.05, 4.69) is 48.6 Å². The van der Waals surface area contributed by atoms with Gasteiger partial charge in [-0.3, -0.25) is 4.79 Å². The number of benzene rings is 1. The molecule has 98 valence electrons. The van der Waals surface area contributed by atoms with Crippen LogP contribution in [0.25, 0.3) is 0 Å². The highest BCUT2D eigenvalue weighted by Crippen LogP contribution is 2.41. The first-order valence-electron chi connectivity index (χ1n) is 5.55. The van der Waals surface area contributed by atoms with Crippen molar-refractivity contribution in [1.29, 1.82) is 0 Å². The Morgan fingerprint density at radius 2 is 2.16 bits per heavy atom. The Morgan fingerprint density at radius 3 is 2.84 bits per heavy atom. The van der Waals surface area contributed by atoms with Crippen molar-refractivity contribution >= 4 is 66.4 Å². The molecule has 1 aliphatic heterocycles. The summed E-state index contributed by atoms with van der Waals surface area (Å²) in [6.07, 6.45) is 0.423. The minimum atomic E-state index is 0.0209. The molecule has 1 aromatic carbocycles. The van der Waals surface area contributed by atoms with Crippen LogP contribution < -0.4 is 5.32 Å². The number of carbonyl (C=O) groups excluding carboxylic acids is 1. The van der Waals surface area contributed by atoms with Crippen LogP contribution in [0, 0.1) is 0 Å². The average molecular weight is 422 g/mol. The second-order valence-electron chi connectivity index (χ2n) is 4.30. The van der Waals surface area contributed by atoms with Crippen LogP contribution in [-0.2, 0) is 11.2 Å². The summed E-state index contributed by atoms with van der Waals surface area (Å²) in [7, 11) is 0. The Hall–Kier alpha value is -0.360. The van der Waals surface area contributed by atoms with Crippen molar-refractivity contribution in [2.75, 3.05) is 5.32 Å². The Balaban J connectivity index is 2.02. The van der Waals surface area contributed by atoms with E-state index in [1.807, 2.05) is 12.1 Å². The Bertz CT molecular complexity index is 671. The van der Waals surface area contributed by atoms with Gasteiger partial charge < -0.3 is 5.32 Å². The SMILES string of the molecule is O=C1Cc2cc(C(Br)c3csc(Br)c3)c(Cl)cc2N1. The van der Waals surface area contributed by atoms with Crippen LogP contribution in [0.1, 0.15) is 21.5 Å². The smallest absolute Gasteiger partial charge is 0.228 e. The molecular formula is C13H8Br2ClNOS. The summed E-state index contributed by atoms with van der Waals surface area (Å²) in [4.78, 5) is 11.4. The Labute approximate surface area is 136 Å². The van der Waals surface area contributed by atoms with Crippen LogP contribution in [0.15, 0.2) is 27.4 Å². The second kappa shape index (κ2) is 5.20. The van der Waals surface area contributed by atoms with E-state index in [0.717, 1.165) is 26.2 Å². The molecule has 1 atom stereocenters. The van der Waals surface area contributed by atoms with Crippen molar-refractivity contribution in [3.8, 4) is 0 Å². The van der Waals surface area contributed by atoms with Crippen molar-refractivity contribution in [2.24, 2.45) is 0 Å². The van der Waals surface area contributed by atoms with Gasteiger partial charge in [-0.2, -0.15) is 0 Å². The minimum absolute atomic E-state index is 0.0209. The zero-order valence-electron chi connectivity index (χ0n) is 9.54. The van der Waals surface area contributed by atoms with Gasteiger partial charge in [0.05, 0.1) is 15.0 Å². The third-order valence-corrected chi connectivity index (χ3v) is 5.87.